The zero-order chi connectivity index (χ0) is 25.9. The van der Waals surface area contributed by atoms with E-state index in [0.29, 0.717) is 22.5 Å². The number of aromatic nitrogens is 3. The van der Waals surface area contributed by atoms with Crippen molar-refractivity contribution in [3.05, 3.63) is 93.2 Å². The van der Waals surface area contributed by atoms with Crippen molar-refractivity contribution in [3.63, 3.8) is 0 Å². The molecule has 2 aromatic heterocycles. The number of amides is 2. The van der Waals surface area contributed by atoms with Crippen molar-refractivity contribution in [1.82, 2.24) is 19.9 Å². The summed E-state index contributed by atoms with van der Waals surface area (Å²) in [5.41, 5.74) is 1.09. The summed E-state index contributed by atoms with van der Waals surface area (Å²) in [6.07, 6.45) is -3.19. The minimum Gasteiger partial charge on any atom is -0.341 e. The summed E-state index contributed by atoms with van der Waals surface area (Å²) >= 11 is 0. The van der Waals surface area contributed by atoms with E-state index in [2.05, 4.69) is 20.7 Å². The number of anilines is 1. The number of hydrogen-bond acceptors (Lipinski definition) is 4. The molecule has 0 bridgehead atoms. The second kappa shape index (κ2) is 8.14. The second-order valence-electron chi connectivity index (χ2n) is 8.71. The van der Waals surface area contributed by atoms with Crippen molar-refractivity contribution in [2.45, 2.75) is 33.0 Å². The zero-order valence-corrected chi connectivity index (χ0v) is 19.3. The summed E-state index contributed by atoms with van der Waals surface area (Å²) < 4.78 is 55.4. The summed E-state index contributed by atoms with van der Waals surface area (Å²) in [5.74, 6) is -1.45. The smallest absolute Gasteiger partial charge is 0.341 e. The molecule has 1 aliphatic heterocycles. The van der Waals surface area contributed by atoms with E-state index in [1.807, 2.05) is 0 Å². The molecule has 36 heavy (non-hydrogen) atoms. The van der Waals surface area contributed by atoms with Crippen molar-refractivity contribution in [2.24, 2.45) is 0 Å². The third kappa shape index (κ3) is 3.96. The van der Waals surface area contributed by atoms with Crippen LogP contribution < -0.4 is 10.6 Å². The molecule has 184 valence electrons. The summed E-state index contributed by atoms with van der Waals surface area (Å²) in [7, 11) is 0. The van der Waals surface area contributed by atoms with Crippen molar-refractivity contribution in [3.8, 4) is 0 Å². The van der Waals surface area contributed by atoms with Gasteiger partial charge in [0.1, 0.15) is 11.6 Å². The first-order chi connectivity index (χ1) is 16.9. The fourth-order valence-corrected chi connectivity index (χ4v) is 4.46. The van der Waals surface area contributed by atoms with Gasteiger partial charge in [-0.3, -0.25) is 9.59 Å². The van der Waals surface area contributed by atoms with Crippen molar-refractivity contribution < 1.29 is 27.2 Å². The number of nitrogens with zero attached hydrogens (tertiary/aromatic N) is 3. The number of halogens is 4. The first kappa shape index (κ1) is 23.5. The molecule has 1 aliphatic rings. The number of nitrogens with one attached hydrogen (secondary N) is 2. The minimum atomic E-state index is -4.63. The number of carbonyl (C=O) groups excluding carboxylic acids is 2. The van der Waals surface area contributed by atoms with E-state index in [9.17, 15) is 27.2 Å². The van der Waals surface area contributed by atoms with Gasteiger partial charge in [0, 0.05) is 11.1 Å². The predicted octanol–water partition coefficient (Wildman–Crippen LogP) is 4.90. The van der Waals surface area contributed by atoms with Crippen LogP contribution in [0.5, 0.6) is 0 Å². The van der Waals surface area contributed by atoms with Gasteiger partial charge < -0.3 is 10.6 Å². The molecule has 2 aromatic carbocycles. The average Bonchev–Trinajstić information content (AvgIpc) is 3.33. The van der Waals surface area contributed by atoms with Crippen LogP contribution >= 0.6 is 0 Å². The van der Waals surface area contributed by atoms with Gasteiger partial charge in [0.15, 0.2) is 5.65 Å². The quantitative estimate of drug-likeness (QED) is 0.394. The third-order valence-corrected chi connectivity index (χ3v) is 6.03. The topological polar surface area (TPSA) is 88.4 Å². The Kier molecular flexibility index (Phi) is 5.31. The molecular weight excluding hydrogens is 478 g/mol. The van der Waals surface area contributed by atoms with E-state index in [4.69, 9.17) is 0 Å². The lowest BCUT2D eigenvalue weighted by Crippen LogP contribution is -2.21. The number of alkyl halides is 3. The van der Waals surface area contributed by atoms with Crippen LogP contribution in [0, 0.1) is 26.6 Å². The van der Waals surface area contributed by atoms with Crippen LogP contribution in [-0.4, -0.2) is 26.4 Å². The van der Waals surface area contributed by atoms with E-state index in [-0.39, 0.29) is 28.0 Å². The SMILES string of the molecule is Cc1cc(C(=O)Nc2cn3nc(C)nc3c3c2C(c2cc(F)ccc2C)NC3=O)cc(C(F)(F)F)c1. The Bertz CT molecular complexity index is 1580. The number of pyridine rings is 1. The van der Waals surface area contributed by atoms with Crippen LogP contribution in [0.15, 0.2) is 42.6 Å². The van der Waals surface area contributed by atoms with Gasteiger partial charge in [0.2, 0.25) is 0 Å². The zero-order valence-electron chi connectivity index (χ0n) is 19.3. The fraction of sp³-hybridized carbons (Fsp3) is 0.200. The predicted molar refractivity (Wildman–Crippen MR) is 122 cm³/mol. The first-order valence-electron chi connectivity index (χ1n) is 10.9. The molecule has 5 rings (SSSR count). The number of fused-ring (bicyclic) bond motifs is 3. The lowest BCUT2D eigenvalue weighted by Gasteiger charge is -2.19. The van der Waals surface area contributed by atoms with Crippen LogP contribution in [0.25, 0.3) is 5.65 Å². The standard InChI is InChI=1S/C25H19F4N5O2/c1-11-6-14(8-15(7-11)25(27,28)29)23(35)31-18-10-34-22(30-13(3)33-34)20-19(18)21(32-24(20)36)17-9-16(26)5-4-12(17)2/h4-10,21H,1-3H3,(H,31,35)(H,32,36). The molecule has 0 saturated carbocycles. The van der Waals surface area contributed by atoms with Gasteiger partial charge in [0.25, 0.3) is 11.8 Å². The fourth-order valence-electron chi connectivity index (χ4n) is 4.46. The molecule has 2 amide bonds. The van der Waals surface area contributed by atoms with Gasteiger partial charge in [-0.15, -0.1) is 0 Å². The lowest BCUT2D eigenvalue weighted by atomic mass is 9.94. The molecule has 0 aliphatic carbocycles. The molecular formula is C25H19F4N5O2. The van der Waals surface area contributed by atoms with Crippen LogP contribution in [0.4, 0.5) is 23.2 Å². The van der Waals surface area contributed by atoms with Gasteiger partial charge in [0.05, 0.1) is 29.1 Å². The molecule has 0 fully saturated rings. The van der Waals surface area contributed by atoms with Gasteiger partial charge >= 0.3 is 6.18 Å². The Labute approximate surface area is 202 Å². The van der Waals surface area contributed by atoms with Crippen molar-refractivity contribution in [2.75, 3.05) is 5.32 Å². The highest BCUT2D eigenvalue weighted by molar-refractivity contribution is 6.10. The number of rotatable bonds is 3. The Balaban J connectivity index is 1.67. The molecule has 1 unspecified atom stereocenters. The monoisotopic (exact) mass is 497 g/mol. The van der Waals surface area contributed by atoms with E-state index < -0.39 is 35.4 Å². The normalized spacial score (nSPS) is 15.2. The maximum Gasteiger partial charge on any atom is 0.416 e. The third-order valence-electron chi connectivity index (χ3n) is 6.03. The summed E-state index contributed by atoms with van der Waals surface area (Å²) in [5, 5.41) is 9.67. The Morgan fingerprint density at radius 1 is 1.11 bits per heavy atom. The van der Waals surface area contributed by atoms with Gasteiger partial charge in [-0.2, -0.15) is 18.3 Å². The molecule has 4 aromatic rings. The van der Waals surface area contributed by atoms with E-state index in [1.54, 1.807) is 19.9 Å². The Morgan fingerprint density at radius 3 is 2.58 bits per heavy atom. The maximum atomic E-state index is 14.1. The van der Waals surface area contributed by atoms with Gasteiger partial charge in [-0.05, 0) is 67.8 Å². The minimum absolute atomic E-state index is 0.134. The average molecular weight is 497 g/mol. The van der Waals surface area contributed by atoms with Gasteiger partial charge in [-0.25, -0.2) is 13.9 Å². The van der Waals surface area contributed by atoms with Crippen LogP contribution in [0.2, 0.25) is 0 Å². The highest BCUT2D eigenvalue weighted by atomic mass is 19.4. The van der Waals surface area contributed by atoms with E-state index >= 15 is 0 Å². The summed E-state index contributed by atoms with van der Waals surface area (Å²) in [6.45, 7) is 4.84. The van der Waals surface area contributed by atoms with Crippen LogP contribution in [-0.2, 0) is 6.18 Å². The highest BCUT2D eigenvalue weighted by Gasteiger charge is 2.37. The van der Waals surface area contributed by atoms with Crippen LogP contribution in [0.1, 0.15) is 60.4 Å². The van der Waals surface area contributed by atoms with E-state index in [1.165, 1.54) is 35.8 Å². The number of hydrogen-bond donors (Lipinski definition) is 2. The van der Waals surface area contributed by atoms with Gasteiger partial charge in [-0.1, -0.05) is 6.07 Å². The molecule has 11 heteroatoms. The molecule has 1 atom stereocenters. The number of carbonyl (C=O) groups is 2. The second-order valence-corrected chi connectivity index (χ2v) is 8.71. The van der Waals surface area contributed by atoms with Crippen LogP contribution in [0.3, 0.4) is 0 Å². The molecule has 2 N–H and O–H groups in total. The molecule has 0 radical (unpaired) electrons. The summed E-state index contributed by atoms with van der Waals surface area (Å²) in [4.78, 5) is 30.5. The molecule has 0 saturated heterocycles. The first-order valence-corrected chi connectivity index (χ1v) is 10.9. The number of benzene rings is 2. The van der Waals surface area contributed by atoms with Crippen molar-refractivity contribution >= 4 is 23.1 Å². The largest absolute Gasteiger partial charge is 0.416 e. The Morgan fingerprint density at radius 2 is 1.86 bits per heavy atom. The molecule has 7 nitrogen and oxygen atoms in total. The lowest BCUT2D eigenvalue weighted by molar-refractivity contribution is -0.137. The number of aryl methyl sites for hydroxylation is 3. The van der Waals surface area contributed by atoms with E-state index in [0.717, 1.165) is 12.1 Å². The summed E-state index contributed by atoms with van der Waals surface area (Å²) in [6, 6.07) is 6.36. The highest BCUT2D eigenvalue weighted by Crippen LogP contribution is 2.40. The molecule has 3 heterocycles. The van der Waals surface area contributed by atoms with Crippen molar-refractivity contribution in [1.29, 1.82) is 0 Å². The Hall–Kier alpha value is -4.28. The molecule has 0 spiro atoms. The maximum absolute atomic E-state index is 14.1.